The summed E-state index contributed by atoms with van der Waals surface area (Å²) in [6.07, 6.45) is 3.71. The predicted molar refractivity (Wildman–Crippen MR) is 128 cm³/mol. The third-order valence-corrected chi connectivity index (χ3v) is 5.91. The van der Waals surface area contributed by atoms with Crippen LogP contribution in [0.2, 0.25) is 0 Å². The summed E-state index contributed by atoms with van der Waals surface area (Å²) in [5, 5.41) is 2.97. The third-order valence-electron chi connectivity index (χ3n) is 5.91. The van der Waals surface area contributed by atoms with Crippen LogP contribution in [0.1, 0.15) is 28.4 Å². The lowest BCUT2D eigenvalue weighted by Crippen LogP contribution is -2.46. The van der Waals surface area contributed by atoms with Crippen LogP contribution in [0.4, 0.5) is 11.4 Å². The number of pyridine rings is 1. The second-order valence-electron chi connectivity index (χ2n) is 7.94. The average Bonchev–Trinajstić information content (AvgIpc) is 2.89. The maximum absolute atomic E-state index is 12.9. The Kier molecular flexibility index (Phi) is 7.19. The lowest BCUT2D eigenvalue weighted by Gasteiger charge is -2.37. The molecule has 0 saturated carbocycles. The van der Waals surface area contributed by atoms with Gasteiger partial charge in [0.25, 0.3) is 5.91 Å². The zero-order valence-electron chi connectivity index (χ0n) is 18.7. The Morgan fingerprint density at radius 1 is 0.879 bits per heavy atom. The van der Waals surface area contributed by atoms with Crippen LogP contribution in [-0.2, 0) is 9.53 Å². The van der Waals surface area contributed by atoms with E-state index in [9.17, 15) is 9.59 Å². The number of hydrogen-bond acceptors (Lipinski definition) is 6. The molecule has 1 N–H and O–H groups in total. The van der Waals surface area contributed by atoms with Gasteiger partial charge in [0.1, 0.15) is 0 Å². The Bertz CT molecular complexity index is 1050. The summed E-state index contributed by atoms with van der Waals surface area (Å²) in [5.41, 5.74) is 3.70. The second-order valence-corrected chi connectivity index (χ2v) is 7.94. The van der Waals surface area contributed by atoms with Crippen LogP contribution < -0.4 is 15.1 Å². The fourth-order valence-corrected chi connectivity index (χ4v) is 4.03. The molecule has 7 heteroatoms. The zero-order valence-corrected chi connectivity index (χ0v) is 18.7. The molecule has 1 aliphatic heterocycles. The number of esters is 1. The van der Waals surface area contributed by atoms with Gasteiger partial charge in [-0.15, -0.1) is 0 Å². The van der Waals surface area contributed by atoms with E-state index >= 15 is 0 Å². The molecule has 0 radical (unpaired) electrons. The van der Waals surface area contributed by atoms with Crippen LogP contribution in [-0.4, -0.2) is 50.1 Å². The summed E-state index contributed by atoms with van der Waals surface area (Å²) in [5.74, 6) is -0.591. The molecular formula is C26H28N4O3. The molecule has 1 amide bonds. The first-order valence-electron chi connectivity index (χ1n) is 11.1. The standard InChI is InChI=1S/C26H28N4O3/c1-33-25(31)19-24(20-5-3-2-4-6-20)28-26(32)21-7-9-22(10-8-21)29-15-17-30(18-16-29)23-11-13-27-14-12-23/h2-14,24H,15-19H2,1H3,(H,28,32). The van der Waals surface area contributed by atoms with E-state index in [2.05, 4.69) is 20.1 Å². The molecule has 0 aliphatic carbocycles. The molecular weight excluding hydrogens is 416 g/mol. The molecule has 1 aromatic heterocycles. The number of piperazine rings is 1. The molecule has 0 spiro atoms. The topological polar surface area (TPSA) is 74.8 Å². The van der Waals surface area contributed by atoms with Crippen molar-refractivity contribution < 1.29 is 14.3 Å². The van der Waals surface area contributed by atoms with Crippen molar-refractivity contribution in [1.82, 2.24) is 10.3 Å². The van der Waals surface area contributed by atoms with Gasteiger partial charge in [-0.1, -0.05) is 30.3 Å². The number of carbonyl (C=O) groups excluding carboxylic acids is 2. The Morgan fingerprint density at radius 2 is 1.45 bits per heavy atom. The quantitative estimate of drug-likeness (QED) is 0.563. The van der Waals surface area contributed by atoms with Gasteiger partial charge < -0.3 is 19.9 Å². The number of amides is 1. The molecule has 1 aliphatic rings. The number of methoxy groups -OCH3 is 1. The number of carbonyl (C=O) groups is 2. The highest BCUT2D eigenvalue weighted by atomic mass is 16.5. The van der Waals surface area contributed by atoms with Crippen LogP contribution >= 0.6 is 0 Å². The molecule has 3 aromatic rings. The van der Waals surface area contributed by atoms with Crippen molar-refractivity contribution in [1.29, 1.82) is 0 Å². The van der Waals surface area contributed by atoms with Crippen molar-refractivity contribution in [3.63, 3.8) is 0 Å². The zero-order chi connectivity index (χ0) is 23.0. The van der Waals surface area contributed by atoms with Gasteiger partial charge in [-0.2, -0.15) is 0 Å². The summed E-state index contributed by atoms with van der Waals surface area (Å²) >= 11 is 0. The maximum Gasteiger partial charge on any atom is 0.307 e. The average molecular weight is 445 g/mol. The molecule has 2 aromatic carbocycles. The van der Waals surface area contributed by atoms with E-state index in [1.807, 2.05) is 79.1 Å². The van der Waals surface area contributed by atoms with E-state index in [1.165, 1.54) is 12.8 Å². The molecule has 2 heterocycles. The molecule has 7 nitrogen and oxygen atoms in total. The minimum Gasteiger partial charge on any atom is -0.469 e. The highest BCUT2D eigenvalue weighted by Crippen LogP contribution is 2.22. The lowest BCUT2D eigenvalue weighted by molar-refractivity contribution is -0.141. The third kappa shape index (κ3) is 5.68. The van der Waals surface area contributed by atoms with Crippen LogP contribution in [0.25, 0.3) is 0 Å². The SMILES string of the molecule is COC(=O)CC(NC(=O)c1ccc(N2CCN(c3ccncc3)CC2)cc1)c1ccccc1. The van der Waals surface area contributed by atoms with Crippen molar-refractivity contribution in [3.05, 3.63) is 90.3 Å². The summed E-state index contributed by atoms with van der Waals surface area (Å²) in [7, 11) is 1.35. The summed E-state index contributed by atoms with van der Waals surface area (Å²) in [4.78, 5) is 33.5. The number of aromatic nitrogens is 1. The molecule has 170 valence electrons. The summed E-state index contributed by atoms with van der Waals surface area (Å²) in [6.45, 7) is 3.67. The lowest BCUT2D eigenvalue weighted by atomic mass is 10.0. The molecule has 0 bridgehead atoms. The molecule has 1 saturated heterocycles. The van der Waals surface area contributed by atoms with Crippen LogP contribution in [0.3, 0.4) is 0 Å². The highest BCUT2D eigenvalue weighted by Gasteiger charge is 2.21. The first-order chi connectivity index (χ1) is 16.1. The van der Waals surface area contributed by atoms with Crippen molar-refractivity contribution in [2.24, 2.45) is 0 Å². The molecule has 33 heavy (non-hydrogen) atoms. The number of benzene rings is 2. The van der Waals surface area contributed by atoms with Gasteiger partial charge in [0.15, 0.2) is 0 Å². The molecule has 1 fully saturated rings. The number of nitrogens with zero attached hydrogens (tertiary/aromatic N) is 3. The minimum absolute atomic E-state index is 0.0755. The number of rotatable bonds is 7. The summed E-state index contributed by atoms with van der Waals surface area (Å²) in [6, 6.07) is 20.7. The van der Waals surface area contributed by atoms with E-state index in [1.54, 1.807) is 0 Å². The Balaban J connectivity index is 1.38. The highest BCUT2D eigenvalue weighted by molar-refractivity contribution is 5.95. The normalized spacial score (nSPS) is 14.5. The molecule has 1 unspecified atom stereocenters. The fourth-order valence-electron chi connectivity index (χ4n) is 4.03. The van der Waals surface area contributed by atoms with Crippen molar-refractivity contribution >= 4 is 23.3 Å². The van der Waals surface area contributed by atoms with E-state index in [0.717, 1.165) is 37.4 Å². The van der Waals surface area contributed by atoms with Crippen LogP contribution in [0.5, 0.6) is 0 Å². The predicted octanol–water partition coefficient (Wildman–Crippen LogP) is 3.44. The first-order valence-corrected chi connectivity index (χ1v) is 11.1. The van der Waals surface area contributed by atoms with Gasteiger partial charge in [0, 0.05) is 55.5 Å². The smallest absolute Gasteiger partial charge is 0.307 e. The largest absolute Gasteiger partial charge is 0.469 e. The Morgan fingerprint density at radius 3 is 2.03 bits per heavy atom. The Hall–Kier alpha value is -3.87. The van der Waals surface area contributed by atoms with Gasteiger partial charge >= 0.3 is 5.97 Å². The van der Waals surface area contributed by atoms with Crippen molar-refractivity contribution in [2.75, 3.05) is 43.1 Å². The van der Waals surface area contributed by atoms with E-state index < -0.39 is 6.04 Å². The first kappa shape index (κ1) is 22.3. The number of nitrogens with one attached hydrogen (secondary N) is 1. The van der Waals surface area contributed by atoms with Gasteiger partial charge in [0.2, 0.25) is 0 Å². The Labute approximate surface area is 194 Å². The minimum atomic E-state index is -0.452. The second kappa shape index (κ2) is 10.6. The van der Waals surface area contributed by atoms with Crippen molar-refractivity contribution in [3.8, 4) is 0 Å². The van der Waals surface area contributed by atoms with Gasteiger partial charge in [-0.3, -0.25) is 14.6 Å². The van der Waals surface area contributed by atoms with Gasteiger partial charge in [0.05, 0.1) is 19.6 Å². The monoisotopic (exact) mass is 444 g/mol. The van der Waals surface area contributed by atoms with Crippen molar-refractivity contribution in [2.45, 2.75) is 12.5 Å². The van der Waals surface area contributed by atoms with Crippen LogP contribution in [0, 0.1) is 0 Å². The van der Waals surface area contributed by atoms with Gasteiger partial charge in [-0.25, -0.2) is 0 Å². The van der Waals surface area contributed by atoms with E-state index in [0.29, 0.717) is 5.56 Å². The molecule has 4 rings (SSSR count). The summed E-state index contributed by atoms with van der Waals surface area (Å²) < 4.78 is 4.81. The number of ether oxygens (including phenoxy) is 1. The molecule has 1 atom stereocenters. The van der Waals surface area contributed by atoms with E-state index in [4.69, 9.17) is 4.74 Å². The van der Waals surface area contributed by atoms with E-state index in [-0.39, 0.29) is 18.3 Å². The van der Waals surface area contributed by atoms with Gasteiger partial charge in [-0.05, 0) is 42.0 Å². The van der Waals surface area contributed by atoms with Crippen LogP contribution in [0.15, 0.2) is 79.1 Å². The number of hydrogen-bond donors (Lipinski definition) is 1. The maximum atomic E-state index is 12.9. The number of anilines is 2. The fraction of sp³-hybridized carbons (Fsp3) is 0.269.